The fraction of sp³-hybridized carbons (Fsp3) is 0.154. The molecule has 0 saturated carbocycles. The van der Waals surface area contributed by atoms with E-state index in [-0.39, 0.29) is 22.5 Å². The molecule has 0 aliphatic heterocycles. The average molecular weight is 496 g/mol. The maximum Gasteiger partial charge on any atom is 0.251 e. The van der Waals surface area contributed by atoms with Gasteiger partial charge in [-0.15, -0.1) is 0 Å². The molecule has 0 aliphatic carbocycles. The van der Waals surface area contributed by atoms with Crippen LogP contribution in [0.5, 0.6) is 11.5 Å². The molecular formula is C26H23Cl2N3O3. The van der Waals surface area contributed by atoms with Crippen molar-refractivity contribution in [3.8, 4) is 28.4 Å². The van der Waals surface area contributed by atoms with Crippen LogP contribution in [0.1, 0.15) is 22.8 Å². The molecule has 174 valence electrons. The van der Waals surface area contributed by atoms with E-state index in [0.717, 1.165) is 28.3 Å². The van der Waals surface area contributed by atoms with Crippen LogP contribution in [0, 0.1) is 0 Å². The summed E-state index contributed by atoms with van der Waals surface area (Å²) in [6.07, 6.45) is 1.91. The van der Waals surface area contributed by atoms with Gasteiger partial charge in [0.25, 0.3) is 5.91 Å². The van der Waals surface area contributed by atoms with Crippen LogP contribution in [-0.2, 0) is 6.54 Å². The fourth-order valence-corrected chi connectivity index (χ4v) is 4.09. The molecule has 34 heavy (non-hydrogen) atoms. The van der Waals surface area contributed by atoms with Crippen molar-refractivity contribution in [2.24, 2.45) is 0 Å². The van der Waals surface area contributed by atoms with Crippen LogP contribution in [-0.4, -0.2) is 29.4 Å². The minimum absolute atomic E-state index is 0.259. The number of benzene rings is 3. The number of carbonyl (C=O) groups excluding carboxylic acids is 1. The predicted octanol–water partition coefficient (Wildman–Crippen LogP) is 6.18. The number of hydrogen-bond acceptors (Lipinski definition) is 4. The SMILES string of the molecule is CCOc1c(Cl)cc(C(=O)NCc2cn(-c3ccccc3)nc2-c2ccc(OC)cc2)cc1Cl. The Hall–Kier alpha value is -3.48. The lowest BCUT2D eigenvalue weighted by Crippen LogP contribution is -2.23. The van der Waals surface area contributed by atoms with Crippen LogP contribution in [0.15, 0.2) is 72.9 Å². The summed E-state index contributed by atoms with van der Waals surface area (Å²) in [5.41, 5.74) is 3.78. The lowest BCUT2D eigenvalue weighted by Gasteiger charge is -2.11. The van der Waals surface area contributed by atoms with Crippen molar-refractivity contribution in [2.45, 2.75) is 13.5 Å². The van der Waals surface area contributed by atoms with Crippen molar-refractivity contribution < 1.29 is 14.3 Å². The maximum absolute atomic E-state index is 12.9. The van der Waals surface area contributed by atoms with Gasteiger partial charge in [0, 0.05) is 29.4 Å². The molecule has 1 heterocycles. The van der Waals surface area contributed by atoms with Crippen LogP contribution < -0.4 is 14.8 Å². The Bertz CT molecular complexity index is 1270. The largest absolute Gasteiger partial charge is 0.497 e. The summed E-state index contributed by atoms with van der Waals surface area (Å²) in [6, 6.07) is 20.5. The van der Waals surface area contributed by atoms with E-state index in [1.54, 1.807) is 23.9 Å². The van der Waals surface area contributed by atoms with Crippen molar-refractivity contribution in [1.29, 1.82) is 0 Å². The van der Waals surface area contributed by atoms with Gasteiger partial charge in [-0.05, 0) is 55.5 Å². The van der Waals surface area contributed by atoms with Crippen LogP contribution >= 0.6 is 23.2 Å². The molecule has 0 fully saturated rings. The molecule has 0 unspecified atom stereocenters. The number of amides is 1. The normalized spacial score (nSPS) is 10.7. The van der Waals surface area contributed by atoms with E-state index >= 15 is 0 Å². The van der Waals surface area contributed by atoms with E-state index in [9.17, 15) is 4.79 Å². The van der Waals surface area contributed by atoms with Crippen LogP contribution in [0.3, 0.4) is 0 Å². The van der Waals surface area contributed by atoms with Gasteiger partial charge >= 0.3 is 0 Å². The first-order valence-corrected chi connectivity index (χ1v) is 11.4. The van der Waals surface area contributed by atoms with Crippen molar-refractivity contribution in [2.75, 3.05) is 13.7 Å². The van der Waals surface area contributed by atoms with Crippen molar-refractivity contribution in [3.05, 3.63) is 94.1 Å². The highest BCUT2D eigenvalue weighted by Gasteiger charge is 2.17. The minimum Gasteiger partial charge on any atom is -0.497 e. The predicted molar refractivity (Wildman–Crippen MR) is 134 cm³/mol. The molecule has 1 amide bonds. The number of nitrogens with one attached hydrogen (secondary N) is 1. The van der Waals surface area contributed by atoms with Gasteiger partial charge in [0.05, 0.1) is 35.1 Å². The Labute approximate surface area is 208 Å². The van der Waals surface area contributed by atoms with E-state index in [4.69, 9.17) is 37.8 Å². The van der Waals surface area contributed by atoms with Gasteiger partial charge in [0.15, 0.2) is 5.75 Å². The fourth-order valence-electron chi connectivity index (χ4n) is 3.49. The van der Waals surface area contributed by atoms with E-state index in [2.05, 4.69) is 5.32 Å². The van der Waals surface area contributed by atoms with Gasteiger partial charge in [0.2, 0.25) is 0 Å². The first kappa shape index (κ1) is 23.7. The number of carbonyl (C=O) groups is 1. The molecular weight excluding hydrogens is 473 g/mol. The number of halogens is 2. The highest BCUT2D eigenvalue weighted by atomic mass is 35.5. The van der Waals surface area contributed by atoms with E-state index in [1.165, 1.54) is 0 Å². The third-order valence-electron chi connectivity index (χ3n) is 5.16. The number of rotatable bonds is 8. The van der Waals surface area contributed by atoms with E-state index < -0.39 is 0 Å². The Morgan fingerprint density at radius 1 is 1.03 bits per heavy atom. The molecule has 0 saturated heterocycles. The van der Waals surface area contributed by atoms with Gasteiger partial charge in [-0.3, -0.25) is 4.79 Å². The summed E-state index contributed by atoms with van der Waals surface area (Å²) in [6.45, 7) is 2.52. The standard InChI is InChI=1S/C26H23Cl2N3O3/c1-3-34-25-22(27)13-18(14-23(25)28)26(32)29-15-19-16-31(20-7-5-4-6-8-20)30-24(19)17-9-11-21(33-2)12-10-17/h4-14,16H,3,15H2,1-2H3,(H,29,32). The smallest absolute Gasteiger partial charge is 0.251 e. The molecule has 0 aliphatic rings. The Morgan fingerprint density at radius 3 is 2.32 bits per heavy atom. The molecule has 3 aromatic carbocycles. The first-order chi connectivity index (χ1) is 16.5. The number of aromatic nitrogens is 2. The third-order valence-corrected chi connectivity index (χ3v) is 5.72. The zero-order valence-electron chi connectivity index (χ0n) is 18.7. The Balaban J connectivity index is 1.61. The van der Waals surface area contributed by atoms with Gasteiger partial charge < -0.3 is 14.8 Å². The molecule has 8 heteroatoms. The first-order valence-electron chi connectivity index (χ1n) is 10.7. The molecule has 0 spiro atoms. The van der Waals surface area contributed by atoms with Gasteiger partial charge in [-0.1, -0.05) is 41.4 Å². The van der Waals surface area contributed by atoms with Gasteiger partial charge in [-0.2, -0.15) is 5.10 Å². The zero-order valence-corrected chi connectivity index (χ0v) is 20.2. The Morgan fingerprint density at radius 2 is 1.71 bits per heavy atom. The monoisotopic (exact) mass is 495 g/mol. The van der Waals surface area contributed by atoms with E-state index in [1.807, 2.05) is 67.7 Å². The summed E-state index contributed by atoms with van der Waals surface area (Å²) < 4.78 is 12.5. The molecule has 4 rings (SSSR count). The molecule has 1 aromatic heterocycles. The van der Waals surface area contributed by atoms with Crippen LogP contribution in [0.4, 0.5) is 0 Å². The van der Waals surface area contributed by atoms with Gasteiger partial charge in [0.1, 0.15) is 5.75 Å². The number of para-hydroxylation sites is 1. The number of nitrogens with zero attached hydrogens (tertiary/aromatic N) is 2. The molecule has 0 atom stereocenters. The summed E-state index contributed by atoms with van der Waals surface area (Å²) in [4.78, 5) is 12.9. The zero-order chi connectivity index (χ0) is 24.1. The number of ether oxygens (including phenoxy) is 2. The highest BCUT2D eigenvalue weighted by molar-refractivity contribution is 6.37. The lowest BCUT2D eigenvalue weighted by molar-refractivity contribution is 0.0951. The second kappa shape index (κ2) is 10.6. The topological polar surface area (TPSA) is 65.4 Å². The van der Waals surface area contributed by atoms with Crippen molar-refractivity contribution in [3.63, 3.8) is 0 Å². The third kappa shape index (κ3) is 5.19. The summed E-state index contributed by atoms with van der Waals surface area (Å²) in [5, 5.41) is 8.30. The van der Waals surface area contributed by atoms with Crippen molar-refractivity contribution >= 4 is 29.1 Å². The van der Waals surface area contributed by atoms with Gasteiger partial charge in [-0.25, -0.2) is 4.68 Å². The number of hydrogen-bond donors (Lipinski definition) is 1. The second-order valence-electron chi connectivity index (χ2n) is 7.40. The average Bonchev–Trinajstić information content (AvgIpc) is 3.29. The summed E-state index contributed by atoms with van der Waals surface area (Å²) in [5.74, 6) is 0.818. The number of methoxy groups -OCH3 is 1. The molecule has 6 nitrogen and oxygen atoms in total. The lowest BCUT2D eigenvalue weighted by atomic mass is 10.1. The molecule has 1 N–H and O–H groups in total. The summed E-state index contributed by atoms with van der Waals surface area (Å²) in [7, 11) is 1.62. The second-order valence-corrected chi connectivity index (χ2v) is 8.21. The molecule has 0 bridgehead atoms. The quantitative estimate of drug-likeness (QED) is 0.316. The van der Waals surface area contributed by atoms with E-state index in [0.29, 0.717) is 17.9 Å². The van der Waals surface area contributed by atoms with Crippen LogP contribution in [0.2, 0.25) is 10.0 Å². The minimum atomic E-state index is -0.306. The van der Waals surface area contributed by atoms with Crippen LogP contribution in [0.25, 0.3) is 16.9 Å². The Kier molecular flexibility index (Phi) is 7.40. The molecule has 4 aromatic rings. The summed E-state index contributed by atoms with van der Waals surface area (Å²) >= 11 is 12.5. The maximum atomic E-state index is 12.9. The highest BCUT2D eigenvalue weighted by Crippen LogP contribution is 2.34. The van der Waals surface area contributed by atoms with Crippen molar-refractivity contribution in [1.82, 2.24) is 15.1 Å². The molecule has 0 radical (unpaired) electrons.